The fraction of sp³-hybridized carbons (Fsp3) is 0.308. The van der Waals surface area contributed by atoms with E-state index in [2.05, 4.69) is 15.3 Å². The molecule has 7 nitrogen and oxygen atoms in total. The fourth-order valence-corrected chi connectivity index (χ4v) is 5.13. The van der Waals surface area contributed by atoms with E-state index >= 15 is 0 Å². The molecule has 1 saturated carbocycles. The molecule has 2 fully saturated rings. The van der Waals surface area contributed by atoms with E-state index in [1.807, 2.05) is 41.3 Å². The summed E-state index contributed by atoms with van der Waals surface area (Å²) in [5, 5.41) is 4.90. The van der Waals surface area contributed by atoms with Gasteiger partial charge in [-0.2, -0.15) is 0 Å². The molecule has 6 rings (SSSR count). The number of pyridine rings is 2. The molecule has 1 atom stereocenters. The number of aromatic nitrogens is 2. The van der Waals surface area contributed by atoms with Crippen LogP contribution in [-0.2, 0) is 0 Å². The Hall–Kier alpha value is -3.74. The lowest BCUT2D eigenvalue weighted by atomic mass is 9.90. The first-order valence-corrected chi connectivity index (χ1v) is 11.4. The Morgan fingerprint density at radius 2 is 1.94 bits per heavy atom. The quantitative estimate of drug-likeness (QED) is 0.517. The van der Waals surface area contributed by atoms with Crippen LogP contribution < -0.4 is 5.32 Å². The van der Waals surface area contributed by atoms with Crippen LogP contribution in [-0.4, -0.2) is 46.3 Å². The number of carbonyl (C=O) groups is 2. The number of fused-ring (bicyclic) bond motifs is 2. The lowest BCUT2D eigenvalue weighted by Gasteiger charge is -2.33. The highest BCUT2D eigenvalue weighted by atomic mass is 16.3. The summed E-state index contributed by atoms with van der Waals surface area (Å²) in [4.78, 5) is 36.0. The Bertz CT molecular complexity index is 1340. The molecule has 1 spiro atoms. The number of nitrogens with one attached hydrogen (secondary N) is 1. The zero-order valence-corrected chi connectivity index (χ0v) is 18.2. The zero-order chi connectivity index (χ0) is 22.4. The first-order chi connectivity index (χ1) is 16.1. The SMILES string of the molecule is O=C(NCC1CC12CCN(C(=O)c1ccc3cnccc3n1)CC2)c1cc2ccccc2o1. The Kier molecular flexibility index (Phi) is 4.64. The summed E-state index contributed by atoms with van der Waals surface area (Å²) in [7, 11) is 0. The largest absolute Gasteiger partial charge is 0.451 e. The van der Waals surface area contributed by atoms with Gasteiger partial charge in [0.2, 0.25) is 0 Å². The maximum atomic E-state index is 13.0. The smallest absolute Gasteiger partial charge is 0.287 e. The van der Waals surface area contributed by atoms with Gasteiger partial charge in [0.05, 0.1) is 5.52 Å². The standard InChI is InChI=1S/C26H24N4O3/c31-24(23-13-17-3-1-2-4-22(17)33-23)28-16-19-14-26(19)8-11-30(12-9-26)25(32)21-6-5-18-15-27-10-7-20(18)29-21/h1-7,10,13,15,19H,8-9,11-12,14,16H2,(H,28,31). The molecule has 166 valence electrons. The van der Waals surface area contributed by atoms with Crippen LogP contribution in [0, 0.1) is 11.3 Å². The number of hydrogen-bond acceptors (Lipinski definition) is 5. The minimum Gasteiger partial charge on any atom is -0.451 e. The summed E-state index contributed by atoms with van der Waals surface area (Å²) in [6, 6.07) is 14.9. The van der Waals surface area contributed by atoms with Crippen molar-refractivity contribution in [3.63, 3.8) is 0 Å². The predicted octanol–water partition coefficient (Wildman–Crippen LogP) is 4.05. The van der Waals surface area contributed by atoms with Gasteiger partial charge >= 0.3 is 0 Å². The Labute approximate surface area is 190 Å². The molecule has 0 bridgehead atoms. The van der Waals surface area contributed by atoms with Gasteiger partial charge in [0.15, 0.2) is 5.76 Å². The second-order valence-corrected chi connectivity index (χ2v) is 9.18. The number of rotatable bonds is 4. The van der Waals surface area contributed by atoms with Crippen molar-refractivity contribution in [2.45, 2.75) is 19.3 Å². The van der Waals surface area contributed by atoms with Gasteiger partial charge in [-0.3, -0.25) is 14.6 Å². The van der Waals surface area contributed by atoms with Gasteiger partial charge in [-0.1, -0.05) is 18.2 Å². The molecule has 2 aliphatic rings. The summed E-state index contributed by atoms with van der Waals surface area (Å²) in [5.74, 6) is 0.622. The van der Waals surface area contributed by atoms with Crippen LogP contribution in [0.1, 0.15) is 40.3 Å². The maximum absolute atomic E-state index is 13.0. The lowest BCUT2D eigenvalue weighted by Crippen LogP contribution is -2.40. The van der Waals surface area contributed by atoms with Gasteiger partial charge in [0.1, 0.15) is 11.3 Å². The van der Waals surface area contributed by atoms with E-state index in [0.717, 1.165) is 54.2 Å². The summed E-state index contributed by atoms with van der Waals surface area (Å²) >= 11 is 0. The second-order valence-electron chi connectivity index (χ2n) is 9.18. The van der Waals surface area contributed by atoms with Crippen LogP contribution in [0.25, 0.3) is 21.9 Å². The van der Waals surface area contributed by atoms with Crippen molar-refractivity contribution < 1.29 is 14.0 Å². The third-order valence-electron chi connectivity index (χ3n) is 7.27. The molecule has 1 aliphatic heterocycles. The number of likely N-dealkylation sites (tertiary alicyclic amines) is 1. The van der Waals surface area contributed by atoms with Gasteiger partial charge in [-0.25, -0.2) is 4.98 Å². The minimum atomic E-state index is -0.168. The monoisotopic (exact) mass is 440 g/mol. The Balaban J connectivity index is 1.04. The lowest BCUT2D eigenvalue weighted by molar-refractivity contribution is 0.0663. The highest BCUT2D eigenvalue weighted by Crippen LogP contribution is 2.59. The van der Waals surface area contributed by atoms with Crippen LogP contribution in [0.5, 0.6) is 0 Å². The number of benzene rings is 1. The normalized spacial score (nSPS) is 19.2. The molecular formula is C26H24N4O3. The van der Waals surface area contributed by atoms with E-state index < -0.39 is 0 Å². The molecule has 1 saturated heterocycles. The van der Waals surface area contributed by atoms with Crippen molar-refractivity contribution in [2.75, 3.05) is 19.6 Å². The van der Waals surface area contributed by atoms with E-state index in [4.69, 9.17) is 4.42 Å². The predicted molar refractivity (Wildman–Crippen MR) is 124 cm³/mol. The van der Waals surface area contributed by atoms with Crippen LogP contribution in [0.4, 0.5) is 0 Å². The number of carbonyl (C=O) groups excluding carboxylic acids is 2. The molecular weight excluding hydrogens is 416 g/mol. The molecule has 4 heterocycles. The van der Waals surface area contributed by atoms with Gasteiger partial charge in [-0.05, 0) is 60.9 Å². The van der Waals surface area contributed by atoms with Gasteiger partial charge in [0, 0.05) is 42.8 Å². The number of piperidine rings is 1. The summed E-state index contributed by atoms with van der Waals surface area (Å²) < 4.78 is 5.66. The van der Waals surface area contributed by atoms with Gasteiger partial charge in [0.25, 0.3) is 11.8 Å². The molecule has 1 aromatic carbocycles. The number of hydrogen-bond donors (Lipinski definition) is 1. The van der Waals surface area contributed by atoms with E-state index in [0.29, 0.717) is 23.9 Å². The molecule has 4 aromatic rings. The van der Waals surface area contributed by atoms with Crippen molar-refractivity contribution in [1.82, 2.24) is 20.2 Å². The van der Waals surface area contributed by atoms with E-state index in [9.17, 15) is 9.59 Å². The average Bonchev–Trinajstić information content (AvgIpc) is 3.33. The third-order valence-corrected chi connectivity index (χ3v) is 7.27. The molecule has 3 aromatic heterocycles. The molecule has 7 heteroatoms. The van der Waals surface area contributed by atoms with E-state index in [1.165, 1.54) is 0 Å². The molecule has 2 amide bonds. The number of para-hydroxylation sites is 1. The molecule has 1 aliphatic carbocycles. The molecule has 0 radical (unpaired) electrons. The number of nitrogens with zero attached hydrogens (tertiary/aromatic N) is 3. The van der Waals surface area contributed by atoms with E-state index in [-0.39, 0.29) is 17.2 Å². The first-order valence-electron chi connectivity index (χ1n) is 11.4. The minimum absolute atomic E-state index is 0.0149. The first kappa shape index (κ1) is 19.9. The fourth-order valence-electron chi connectivity index (χ4n) is 5.13. The number of furan rings is 1. The third kappa shape index (κ3) is 3.63. The topological polar surface area (TPSA) is 88.3 Å². The van der Waals surface area contributed by atoms with Crippen molar-refractivity contribution in [3.8, 4) is 0 Å². The van der Waals surface area contributed by atoms with Crippen LogP contribution in [0.2, 0.25) is 0 Å². The maximum Gasteiger partial charge on any atom is 0.287 e. The van der Waals surface area contributed by atoms with Crippen molar-refractivity contribution >= 4 is 33.7 Å². The molecule has 33 heavy (non-hydrogen) atoms. The summed E-state index contributed by atoms with van der Waals surface area (Å²) in [6.45, 7) is 2.09. The van der Waals surface area contributed by atoms with Gasteiger partial charge < -0.3 is 14.6 Å². The van der Waals surface area contributed by atoms with Crippen LogP contribution >= 0.6 is 0 Å². The van der Waals surface area contributed by atoms with Crippen molar-refractivity contribution in [3.05, 3.63) is 72.4 Å². The Morgan fingerprint density at radius 3 is 2.79 bits per heavy atom. The van der Waals surface area contributed by atoms with Crippen LogP contribution in [0.3, 0.4) is 0 Å². The number of amides is 2. The highest BCUT2D eigenvalue weighted by molar-refractivity contribution is 5.96. The van der Waals surface area contributed by atoms with Crippen molar-refractivity contribution in [2.24, 2.45) is 11.3 Å². The highest BCUT2D eigenvalue weighted by Gasteiger charge is 2.54. The average molecular weight is 441 g/mol. The van der Waals surface area contributed by atoms with Crippen molar-refractivity contribution in [1.29, 1.82) is 0 Å². The molecule has 1 N–H and O–H groups in total. The molecule has 1 unspecified atom stereocenters. The Morgan fingerprint density at radius 1 is 1.09 bits per heavy atom. The van der Waals surface area contributed by atoms with Gasteiger partial charge in [-0.15, -0.1) is 0 Å². The zero-order valence-electron chi connectivity index (χ0n) is 18.2. The van der Waals surface area contributed by atoms with Crippen LogP contribution in [0.15, 0.2) is 65.3 Å². The second kappa shape index (κ2) is 7.69. The summed E-state index contributed by atoms with van der Waals surface area (Å²) in [5.41, 5.74) is 2.22. The summed E-state index contributed by atoms with van der Waals surface area (Å²) in [6.07, 6.45) is 6.45. The van der Waals surface area contributed by atoms with E-state index in [1.54, 1.807) is 24.5 Å².